The lowest BCUT2D eigenvalue weighted by atomic mass is 10.2. The minimum absolute atomic E-state index is 0.202. The van der Waals surface area contributed by atoms with Gasteiger partial charge in [0.2, 0.25) is 0 Å². The fourth-order valence-electron chi connectivity index (χ4n) is 2.08. The average molecular weight is 288 g/mol. The van der Waals surface area contributed by atoms with E-state index >= 15 is 0 Å². The Balaban J connectivity index is 2.16. The van der Waals surface area contributed by atoms with E-state index in [1.807, 2.05) is 5.32 Å². The van der Waals surface area contributed by atoms with E-state index in [1.54, 1.807) is 0 Å². The molecule has 20 heavy (non-hydrogen) atoms. The van der Waals surface area contributed by atoms with Crippen molar-refractivity contribution in [2.45, 2.75) is 18.9 Å². The molecule has 2 rings (SSSR count). The van der Waals surface area contributed by atoms with Crippen LogP contribution in [0.4, 0.5) is 23.7 Å². The van der Waals surface area contributed by atoms with Crippen molar-refractivity contribution < 1.29 is 27.9 Å². The number of anilines is 1. The van der Waals surface area contributed by atoms with Crippen LogP contribution in [0, 0.1) is 17.5 Å². The number of rotatable bonds is 2. The molecule has 2 N–H and O–H groups in total. The van der Waals surface area contributed by atoms with Gasteiger partial charge in [-0.3, -0.25) is 0 Å². The number of halogens is 3. The number of likely N-dealkylation sites (tertiary alicyclic amines) is 1. The SMILES string of the molecule is O=C(O)[C@@H]1CCCN1C(=O)Nc1ccc(F)c(F)c1F. The lowest BCUT2D eigenvalue weighted by Gasteiger charge is -2.22. The molecule has 1 atom stereocenters. The van der Waals surface area contributed by atoms with Crippen molar-refractivity contribution in [1.82, 2.24) is 4.90 Å². The van der Waals surface area contributed by atoms with Gasteiger partial charge in [0.1, 0.15) is 6.04 Å². The number of hydrogen-bond acceptors (Lipinski definition) is 2. The van der Waals surface area contributed by atoms with Gasteiger partial charge in [-0.2, -0.15) is 0 Å². The Hall–Kier alpha value is -2.25. The molecule has 108 valence electrons. The molecule has 0 spiro atoms. The van der Waals surface area contributed by atoms with E-state index in [-0.39, 0.29) is 6.54 Å². The van der Waals surface area contributed by atoms with Crippen LogP contribution in [0.15, 0.2) is 12.1 Å². The largest absolute Gasteiger partial charge is 0.480 e. The Morgan fingerprint density at radius 2 is 1.95 bits per heavy atom. The Morgan fingerprint density at radius 3 is 2.60 bits per heavy atom. The number of carbonyl (C=O) groups excluding carboxylic acids is 1. The lowest BCUT2D eigenvalue weighted by molar-refractivity contribution is -0.141. The Labute approximate surface area is 112 Å². The van der Waals surface area contributed by atoms with Gasteiger partial charge in [-0.05, 0) is 25.0 Å². The molecule has 5 nitrogen and oxygen atoms in total. The lowest BCUT2D eigenvalue weighted by Crippen LogP contribution is -2.42. The van der Waals surface area contributed by atoms with Crippen LogP contribution in [-0.4, -0.2) is 34.6 Å². The van der Waals surface area contributed by atoms with Gasteiger partial charge >= 0.3 is 12.0 Å². The van der Waals surface area contributed by atoms with Crippen molar-refractivity contribution >= 4 is 17.7 Å². The average Bonchev–Trinajstić information content (AvgIpc) is 2.89. The van der Waals surface area contributed by atoms with E-state index < -0.39 is 41.2 Å². The zero-order valence-electron chi connectivity index (χ0n) is 10.2. The zero-order chi connectivity index (χ0) is 14.9. The molecular formula is C12H11F3N2O3. The minimum Gasteiger partial charge on any atom is -0.480 e. The van der Waals surface area contributed by atoms with Crippen LogP contribution < -0.4 is 5.32 Å². The number of aliphatic carboxylic acids is 1. The van der Waals surface area contributed by atoms with Crippen LogP contribution >= 0.6 is 0 Å². The highest BCUT2D eigenvalue weighted by Crippen LogP contribution is 2.22. The zero-order valence-corrected chi connectivity index (χ0v) is 10.2. The highest BCUT2D eigenvalue weighted by Gasteiger charge is 2.34. The first-order valence-electron chi connectivity index (χ1n) is 5.85. The highest BCUT2D eigenvalue weighted by molar-refractivity contribution is 5.92. The van der Waals surface area contributed by atoms with Gasteiger partial charge in [0.25, 0.3) is 0 Å². The molecule has 1 aliphatic rings. The molecule has 1 fully saturated rings. The van der Waals surface area contributed by atoms with Crippen LogP contribution in [0.25, 0.3) is 0 Å². The monoisotopic (exact) mass is 288 g/mol. The topological polar surface area (TPSA) is 69.6 Å². The number of benzene rings is 1. The third-order valence-corrected chi connectivity index (χ3v) is 3.08. The van der Waals surface area contributed by atoms with Crippen LogP contribution in [0.5, 0.6) is 0 Å². The van der Waals surface area contributed by atoms with E-state index in [0.717, 1.165) is 11.0 Å². The van der Waals surface area contributed by atoms with E-state index in [1.165, 1.54) is 0 Å². The maximum absolute atomic E-state index is 13.4. The first kappa shape index (κ1) is 14.2. The molecule has 1 saturated heterocycles. The van der Waals surface area contributed by atoms with Crippen LogP contribution in [-0.2, 0) is 4.79 Å². The highest BCUT2D eigenvalue weighted by atomic mass is 19.2. The van der Waals surface area contributed by atoms with Gasteiger partial charge < -0.3 is 15.3 Å². The molecule has 1 aromatic carbocycles. The number of nitrogens with one attached hydrogen (secondary N) is 1. The Morgan fingerprint density at radius 1 is 1.25 bits per heavy atom. The standard InChI is InChI=1S/C12H11F3N2O3/c13-6-3-4-7(10(15)9(6)14)16-12(20)17-5-1-2-8(17)11(18)19/h3-4,8H,1-2,5H2,(H,16,20)(H,18,19)/t8-/m0/s1. The number of carboxylic acids is 1. The fraction of sp³-hybridized carbons (Fsp3) is 0.333. The van der Waals surface area contributed by atoms with Gasteiger partial charge in [-0.15, -0.1) is 0 Å². The van der Waals surface area contributed by atoms with Gasteiger partial charge in [-0.25, -0.2) is 22.8 Å². The summed E-state index contributed by atoms with van der Waals surface area (Å²) < 4.78 is 39.2. The van der Waals surface area contributed by atoms with Crippen LogP contribution in [0.1, 0.15) is 12.8 Å². The summed E-state index contributed by atoms with van der Waals surface area (Å²) in [4.78, 5) is 23.8. The maximum atomic E-state index is 13.4. The van der Waals surface area contributed by atoms with E-state index in [4.69, 9.17) is 5.11 Å². The third-order valence-electron chi connectivity index (χ3n) is 3.08. The summed E-state index contributed by atoms with van der Waals surface area (Å²) in [6.07, 6.45) is 0.799. The van der Waals surface area contributed by atoms with Gasteiger partial charge in [0.15, 0.2) is 17.5 Å². The predicted molar refractivity (Wildman–Crippen MR) is 62.7 cm³/mol. The second-order valence-corrected chi connectivity index (χ2v) is 4.34. The summed E-state index contributed by atoms with van der Waals surface area (Å²) in [6.45, 7) is 0.202. The van der Waals surface area contributed by atoms with Crippen LogP contribution in [0.2, 0.25) is 0 Å². The minimum atomic E-state index is -1.70. The number of carboxylic acid groups (broad SMARTS) is 1. The van der Waals surface area contributed by atoms with E-state index in [2.05, 4.69) is 0 Å². The quantitative estimate of drug-likeness (QED) is 0.819. The molecule has 8 heteroatoms. The summed E-state index contributed by atoms with van der Waals surface area (Å²) in [7, 11) is 0. The predicted octanol–water partition coefficient (Wildman–Crippen LogP) is 2.18. The molecule has 0 aromatic heterocycles. The first-order valence-corrected chi connectivity index (χ1v) is 5.85. The summed E-state index contributed by atoms with van der Waals surface area (Å²) in [5.41, 5.74) is -0.537. The van der Waals surface area contributed by atoms with Crippen molar-refractivity contribution in [2.75, 3.05) is 11.9 Å². The molecule has 0 unspecified atom stereocenters. The molecule has 0 saturated carbocycles. The molecule has 1 heterocycles. The van der Waals surface area contributed by atoms with Crippen molar-refractivity contribution in [2.24, 2.45) is 0 Å². The Kier molecular flexibility index (Phi) is 3.82. The van der Waals surface area contributed by atoms with E-state index in [9.17, 15) is 22.8 Å². The summed E-state index contributed by atoms with van der Waals surface area (Å²) in [5.74, 6) is -5.75. The molecule has 2 amide bonds. The number of carbonyl (C=O) groups is 2. The smallest absolute Gasteiger partial charge is 0.326 e. The van der Waals surface area contributed by atoms with Crippen LogP contribution in [0.3, 0.4) is 0 Å². The summed E-state index contributed by atoms with van der Waals surface area (Å²) >= 11 is 0. The molecule has 0 bridgehead atoms. The number of urea groups is 1. The van der Waals surface area contributed by atoms with Crippen molar-refractivity contribution in [1.29, 1.82) is 0 Å². The first-order chi connectivity index (χ1) is 9.41. The third kappa shape index (κ3) is 2.54. The van der Waals surface area contributed by atoms with Crippen molar-refractivity contribution in [3.8, 4) is 0 Å². The molecule has 1 aliphatic heterocycles. The van der Waals surface area contributed by atoms with E-state index in [0.29, 0.717) is 18.9 Å². The molecular weight excluding hydrogens is 277 g/mol. The maximum Gasteiger partial charge on any atom is 0.326 e. The van der Waals surface area contributed by atoms with Crippen molar-refractivity contribution in [3.05, 3.63) is 29.6 Å². The van der Waals surface area contributed by atoms with Gasteiger partial charge in [0, 0.05) is 6.54 Å². The summed E-state index contributed by atoms with van der Waals surface area (Å²) in [6, 6.07) is -0.312. The van der Waals surface area contributed by atoms with Gasteiger partial charge in [0.05, 0.1) is 5.69 Å². The number of amides is 2. The second kappa shape index (κ2) is 5.40. The van der Waals surface area contributed by atoms with Gasteiger partial charge in [-0.1, -0.05) is 0 Å². The normalized spacial score (nSPS) is 18.1. The Bertz CT molecular complexity index is 565. The fourth-order valence-corrected chi connectivity index (χ4v) is 2.08. The summed E-state index contributed by atoms with van der Waals surface area (Å²) in [5, 5.41) is 11.0. The number of nitrogens with zero attached hydrogens (tertiary/aromatic N) is 1. The molecule has 0 aliphatic carbocycles. The molecule has 1 aromatic rings. The number of hydrogen-bond donors (Lipinski definition) is 2. The second-order valence-electron chi connectivity index (χ2n) is 4.34. The molecule has 0 radical (unpaired) electrons. The van der Waals surface area contributed by atoms with Crippen molar-refractivity contribution in [3.63, 3.8) is 0 Å².